The summed E-state index contributed by atoms with van der Waals surface area (Å²) >= 11 is 1.42. The van der Waals surface area contributed by atoms with Crippen molar-refractivity contribution in [3.8, 4) is 16.9 Å². The zero-order valence-corrected chi connectivity index (χ0v) is 18.7. The summed E-state index contributed by atoms with van der Waals surface area (Å²) in [6, 6.07) is 19.7. The Kier molecular flexibility index (Phi) is 5.40. The van der Waals surface area contributed by atoms with E-state index in [0.717, 1.165) is 21.9 Å². The van der Waals surface area contributed by atoms with Crippen molar-refractivity contribution in [3.63, 3.8) is 0 Å². The quantitative estimate of drug-likeness (QED) is 0.339. The Morgan fingerprint density at radius 1 is 1.09 bits per heavy atom. The first-order valence-corrected chi connectivity index (χ1v) is 11.5. The maximum Gasteiger partial charge on any atom is 0.263 e. The molecule has 0 saturated carbocycles. The number of anilines is 1. The zero-order chi connectivity index (χ0) is 22.9. The summed E-state index contributed by atoms with van der Waals surface area (Å²) in [7, 11) is 0. The summed E-state index contributed by atoms with van der Waals surface area (Å²) < 4.78 is 1.41. The Morgan fingerprint density at radius 3 is 2.61 bits per heavy atom. The molecule has 0 radical (unpaired) electrons. The molecule has 2 N–H and O–H groups in total. The normalized spacial score (nSPS) is 12.2. The highest BCUT2D eigenvalue weighted by Crippen LogP contribution is 2.33. The lowest BCUT2D eigenvalue weighted by atomic mass is 10.0. The van der Waals surface area contributed by atoms with Gasteiger partial charge < -0.3 is 10.4 Å². The van der Waals surface area contributed by atoms with Crippen molar-refractivity contribution in [3.05, 3.63) is 88.8 Å². The van der Waals surface area contributed by atoms with Crippen molar-refractivity contribution < 1.29 is 9.90 Å². The van der Waals surface area contributed by atoms with Gasteiger partial charge in [-0.1, -0.05) is 43.3 Å². The van der Waals surface area contributed by atoms with Crippen LogP contribution in [0.5, 0.6) is 5.75 Å². The van der Waals surface area contributed by atoms with E-state index >= 15 is 0 Å². The second kappa shape index (κ2) is 8.52. The van der Waals surface area contributed by atoms with E-state index in [0.29, 0.717) is 22.3 Å². The molecule has 1 atom stereocenters. The number of amides is 1. The van der Waals surface area contributed by atoms with E-state index in [-0.39, 0.29) is 17.2 Å². The molecule has 7 heteroatoms. The molecule has 0 fully saturated rings. The first kappa shape index (κ1) is 20.9. The highest BCUT2D eigenvalue weighted by molar-refractivity contribution is 7.17. The molecule has 0 aliphatic rings. The van der Waals surface area contributed by atoms with Gasteiger partial charge in [-0.25, -0.2) is 4.98 Å². The van der Waals surface area contributed by atoms with Gasteiger partial charge >= 0.3 is 0 Å². The van der Waals surface area contributed by atoms with E-state index in [2.05, 4.69) is 22.4 Å². The third kappa shape index (κ3) is 3.87. The van der Waals surface area contributed by atoms with Crippen LogP contribution in [0.4, 0.5) is 5.69 Å². The molecule has 2 heterocycles. The maximum atomic E-state index is 13.6. The number of phenolic OH excluding ortho intramolecular Hbond substituents is 1. The lowest BCUT2D eigenvalue weighted by Crippen LogP contribution is -2.33. The molecule has 2 aromatic heterocycles. The number of aromatic nitrogens is 2. The number of fused-ring (bicyclic) bond motifs is 2. The molecule has 5 rings (SSSR count). The Labute approximate surface area is 193 Å². The molecule has 0 bridgehead atoms. The van der Waals surface area contributed by atoms with E-state index < -0.39 is 6.04 Å². The van der Waals surface area contributed by atoms with E-state index in [4.69, 9.17) is 0 Å². The summed E-state index contributed by atoms with van der Waals surface area (Å²) in [6.45, 7) is 1.86. The van der Waals surface area contributed by atoms with Gasteiger partial charge in [-0.3, -0.25) is 14.2 Å². The summed E-state index contributed by atoms with van der Waals surface area (Å²) in [5.41, 5.74) is 2.07. The summed E-state index contributed by atoms with van der Waals surface area (Å²) in [4.78, 5) is 31.7. The third-order valence-corrected chi connectivity index (χ3v) is 6.63. The van der Waals surface area contributed by atoms with Gasteiger partial charge in [-0.2, -0.15) is 0 Å². The average molecular weight is 456 g/mol. The molecule has 0 saturated heterocycles. The molecule has 1 amide bonds. The second-order valence-corrected chi connectivity index (χ2v) is 8.67. The largest absolute Gasteiger partial charge is 0.508 e. The van der Waals surface area contributed by atoms with Crippen molar-refractivity contribution in [2.75, 3.05) is 5.32 Å². The fourth-order valence-electron chi connectivity index (χ4n) is 4.02. The van der Waals surface area contributed by atoms with E-state index in [9.17, 15) is 14.7 Å². The monoisotopic (exact) mass is 455 g/mol. The Balaban J connectivity index is 1.56. The SMILES string of the molecule is CCC(C(=O)Nc1ccc(O)cc1)n1cnc2scc(-c3ccc4ccccc4c3)c2c1=O. The van der Waals surface area contributed by atoms with Gasteiger partial charge in [0.15, 0.2) is 0 Å². The van der Waals surface area contributed by atoms with Crippen molar-refractivity contribution >= 4 is 43.9 Å². The number of nitrogens with zero attached hydrogens (tertiary/aromatic N) is 2. The molecule has 1 unspecified atom stereocenters. The van der Waals surface area contributed by atoms with Crippen LogP contribution in [0.25, 0.3) is 32.1 Å². The van der Waals surface area contributed by atoms with Crippen LogP contribution in [0.3, 0.4) is 0 Å². The number of carbonyl (C=O) groups is 1. The van der Waals surface area contributed by atoms with Crippen LogP contribution in [0.15, 0.2) is 83.2 Å². The van der Waals surface area contributed by atoms with Crippen LogP contribution in [0.1, 0.15) is 19.4 Å². The molecule has 5 aromatic rings. The number of benzene rings is 3. The fourth-order valence-corrected chi connectivity index (χ4v) is 4.92. The first-order chi connectivity index (χ1) is 16.0. The Hall–Kier alpha value is -3.97. The van der Waals surface area contributed by atoms with E-state index in [1.54, 1.807) is 12.1 Å². The molecule has 3 aromatic carbocycles. The average Bonchev–Trinajstić information content (AvgIpc) is 3.27. The second-order valence-electron chi connectivity index (χ2n) is 7.81. The Bertz CT molecular complexity index is 1540. The number of hydrogen-bond donors (Lipinski definition) is 2. The van der Waals surface area contributed by atoms with Crippen LogP contribution < -0.4 is 10.9 Å². The van der Waals surface area contributed by atoms with E-state index in [1.165, 1.54) is 34.4 Å². The smallest absolute Gasteiger partial charge is 0.263 e. The van der Waals surface area contributed by atoms with Crippen molar-refractivity contribution in [2.45, 2.75) is 19.4 Å². The molecule has 164 valence electrons. The minimum absolute atomic E-state index is 0.115. The predicted molar refractivity (Wildman–Crippen MR) is 133 cm³/mol. The van der Waals surface area contributed by atoms with Gasteiger partial charge in [0.1, 0.15) is 16.6 Å². The zero-order valence-electron chi connectivity index (χ0n) is 17.9. The van der Waals surface area contributed by atoms with Gasteiger partial charge in [0, 0.05) is 16.6 Å². The van der Waals surface area contributed by atoms with Crippen molar-refractivity contribution in [2.24, 2.45) is 0 Å². The van der Waals surface area contributed by atoms with Crippen molar-refractivity contribution in [1.82, 2.24) is 9.55 Å². The number of thiophene rings is 1. The number of aromatic hydroxyl groups is 1. The highest BCUT2D eigenvalue weighted by atomic mass is 32.1. The lowest BCUT2D eigenvalue weighted by molar-refractivity contribution is -0.119. The van der Waals surface area contributed by atoms with Crippen LogP contribution in [0.2, 0.25) is 0 Å². The topological polar surface area (TPSA) is 84.2 Å². The van der Waals surface area contributed by atoms with Crippen LogP contribution in [-0.2, 0) is 4.79 Å². The van der Waals surface area contributed by atoms with E-state index in [1.807, 2.05) is 42.6 Å². The van der Waals surface area contributed by atoms with Crippen LogP contribution in [0, 0.1) is 0 Å². The van der Waals surface area contributed by atoms with Crippen LogP contribution in [-0.4, -0.2) is 20.6 Å². The minimum atomic E-state index is -0.715. The van der Waals surface area contributed by atoms with Gasteiger partial charge in [-0.05, 0) is 53.1 Å². The van der Waals surface area contributed by atoms with Gasteiger partial charge in [0.25, 0.3) is 5.56 Å². The number of nitrogens with one attached hydrogen (secondary N) is 1. The van der Waals surface area contributed by atoms with Gasteiger partial charge in [0.2, 0.25) is 5.91 Å². The third-order valence-electron chi connectivity index (χ3n) is 5.74. The molecule has 33 heavy (non-hydrogen) atoms. The first-order valence-electron chi connectivity index (χ1n) is 10.6. The van der Waals surface area contributed by atoms with Gasteiger partial charge in [0.05, 0.1) is 11.7 Å². The standard InChI is InChI=1S/C26H21N3O3S/c1-2-22(24(31)28-19-9-11-20(30)12-10-19)29-15-27-25-23(26(29)32)21(14-33-25)18-8-7-16-5-3-4-6-17(16)13-18/h3-15,22,30H,2H2,1H3,(H,28,31). The molecule has 0 spiro atoms. The summed E-state index contributed by atoms with van der Waals surface area (Å²) in [6.07, 6.45) is 1.88. The summed E-state index contributed by atoms with van der Waals surface area (Å²) in [5.74, 6) is -0.196. The fraction of sp³-hybridized carbons (Fsp3) is 0.115. The number of phenols is 1. The maximum absolute atomic E-state index is 13.6. The van der Waals surface area contributed by atoms with Crippen molar-refractivity contribution in [1.29, 1.82) is 0 Å². The minimum Gasteiger partial charge on any atom is -0.508 e. The highest BCUT2D eigenvalue weighted by Gasteiger charge is 2.23. The predicted octanol–water partition coefficient (Wildman–Crippen LogP) is 5.57. The van der Waals surface area contributed by atoms with Crippen LogP contribution >= 0.6 is 11.3 Å². The number of carbonyl (C=O) groups excluding carboxylic acids is 1. The molecular formula is C26H21N3O3S. The number of hydrogen-bond acceptors (Lipinski definition) is 5. The molecular weight excluding hydrogens is 434 g/mol. The lowest BCUT2D eigenvalue weighted by Gasteiger charge is -2.18. The molecule has 6 nitrogen and oxygen atoms in total. The molecule has 0 aliphatic carbocycles. The van der Waals surface area contributed by atoms with Gasteiger partial charge in [-0.15, -0.1) is 11.3 Å². The molecule has 0 aliphatic heterocycles. The summed E-state index contributed by atoms with van der Waals surface area (Å²) in [5, 5.41) is 17.0. The number of rotatable bonds is 5. The Morgan fingerprint density at radius 2 is 1.85 bits per heavy atom.